The highest BCUT2D eigenvalue weighted by Crippen LogP contribution is 2.36. The Morgan fingerprint density at radius 1 is 1.44 bits per heavy atom. The average Bonchev–Trinajstić information content (AvgIpc) is 2.41. The number of phosphoric acid groups is 1. The van der Waals surface area contributed by atoms with E-state index >= 15 is 0 Å². The summed E-state index contributed by atoms with van der Waals surface area (Å²) in [7, 11) is -4.70. The van der Waals surface area contributed by atoms with Crippen molar-refractivity contribution in [2.45, 2.75) is 30.6 Å². The molecule has 0 saturated carbocycles. The zero-order valence-electron chi connectivity index (χ0n) is 8.08. The van der Waals surface area contributed by atoms with Gasteiger partial charge in [-0.1, -0.05) is 0 Å². The molecule has 5 atom stereocenters. The van der Waals surface area contributed by atoms with Crippen molar-refractivity contribution < 1.29 is 38.9 Å². The summed E-state index contributed by atoms with van der Waals surface area (Å²) in [5.41, 5.74) is 5.30. The smallest absolute Gasteiger partial charge is 0.388 e. The molecule has 1 aliphatic rings. The van der Waals surface area contributed by atoms with E-state index in [-0.39, 0.29) is 0 Å². The van der Waals surface area contributed by atoms with Crippen LogP contribution in [0.15, 0.2) is 0 Å². The third-order valence-corrected chi connectivity index (χ3v) is 2.63. The Labute approximate surface area is 90.6 Å². The molecule has 0 amide bonds. The molecule has 1 rings (SSSR count). The van der Waals surface area contributed by atoms with E-state index in [0.717, 1.165) is 0 Å². The third-order valence-electron chi connectivity index (χ3n) is 2.15. The number of aliphatic hydroxyl groups excluding tert-OH is 3. The molecule has 0 spiro atoms. The van der Waals surface area contributed by atoms with Gasteiger partial charge in [-0.05, 0) is 0 Å². The predicted octanol–water partition coefficient (Wildman–Crippen LogP) is -3.14. The minimum absolute atomic E-state index is 0.745. The van der Waals surface area contributed by atoms with Crippen LogP contribution in [0.2, 0.25) is 0 Å². The number of ether oxygens (including phenoxy) is 1. The fraction of sp³-hybridized carbons (Fsp3) is 1.00. The average molecular weight is 259 g/mol. The molecule has 96 valence electrons. The van der Waals surface area contributed by atoms with E-state index in [9.17, 15) is 14.8 Å². The molecule has 0 aromatic carbocycles. The zero-order chi connectivity index (χ0) is 12.5. The maximum absolute atomic E-state index is 10.3. The molecule has 1 heterocycles. The molecule has 9 nitrogen and oxygen atoms in total. The van der Waals surface area contributed by atoms with Gasteiger partial charge < -0.3 is 35.6 Å². The lowest BCUT2D eigenvalue weighted by Crippen LogP contribution is -2.44. The van der Waals surface area contributed by atoms with E-state index in [0.29, 0.717) is 0 Å². The highest BCUT2D eigenvalue weighted by Gasteiger charge is 2.44. The summed E-state index contributed by atoms with van der Waals surface area (Å²) in [5, 5.41) is 27.9. The van der Waals surface area contributed by atoms with Crippen molar-refractivity contribution in [1.82, 2.24) is 0 Å². The van der Waals surface area contributed by atoms with E-state index in [1.54, 1.807) is 0 Å². The first-order valence-electron chi connectivity index (χ1n) is 4.37. The third kappa shape index (κ3) is 3.45. The SMILES string of the molecule is N[C@@H]1[C@@H](O)[C@H]([C@H](O)COP(=O)(O)O)O[C@H]1O. The van der Waals surface area contributed by atoms with Gasteiger partial charge in [-0.3, -0.25) is 4.52 Å². The Kier molecular flexibility index (Phi) is 4.41. The van der Waals surface area contributed by atoms with Crippen molar-refractivity contribution in [3.05, 3.63) is 0 Å². The number of hydrogen-bond donors (Lipinski definition) is 6. The van der Waals surface area contributed by atoms with Crippen LogP contribution in [0.1, 0.15) is 0 Å². The number of aliphatic hydroxyl groups is 3. The minimum Gasteiger partial charge on any atom is -0.388 e. The van der Waals surface area contributed by atoms with Crippen LogP contribution in [0.4, 0.5) is 0 Å². The molecule has 10 heteroatoms. The van der Waals surface area contributed by atoms with Gasteiger partial charge in [-0.2, -0.15) is 0 Å². The quantitative estimate of drug-likeness (QED) is 0.286. The zero-order valence-corrected chi connectivity index (χ0v) is 8.97. The molecule has 1 fully saturated rings. The van der Waals surface area contributed by atoms with Gasteiger partial charge in [0, 0.05) is 0 Å². The van der Waals surface area contributed by atoms with Gasteiger partial charge in [0.1, 0.15) is 18.3 Å². The Hall–Kier alpha value is -0.0900. The molecule has 1 saturated heterocycles. The van der Waals surface area contributed by atoms with Gasteiger partial charge in [0.2, 0.25) is 0 Å². The fourth-order valence-electron chi connectivity index (χ4n) is 1.31. The second-order valence-corrected chi connectivity index (χ2v) is 4.65. The first-order chi connectivity index (χ1) is 7.22. The molecule has 0 bridgehead atoms. The molecule has 16 heavy (non-hydrogen) atoms. The summed E-state index contributed by atoms with van der Waals surface area (Å²) in [6, 6.07) is -1.09. The fourth-order valence-corrected chi connectivity index (χ4v) is 1.65. The van der Waals surface area contributed by atoms with Crippen LogP contribution in [0.5, 0.6) is 0 Å². The van der Waals surface area contributed by atoms with Crippen LogP contribution >= 0.6 is 7.82 Å². The molecule has 0 radical (unpaired) electrons. The Morgan fingerprint density at radius 3 is 2.38 bits per heavy atom. The number of nitrogens with two attached hydrogens (primary N) is 1. The summed E-state index contributed by atoms with van der Waals surface area (Å²) in [5.74, 6) is 0. The number of rotatable bonds is 4. The van der Waals surface area contributed by atoms with Gasteiger partial charge in [-0.15, -0.1) is 0 Å². The molecular formula is C6H14NO8P. The van der Waals surface area contributed by atoms with E-state index in [4.69, 9.17) is 25.4 Å². The Balaban J connectivity index is 2.49. The van der Waals surface area contributed by atoms with Crippen molar-refractivity contribution >= 4 is 7.82 Å². The normalized spacial score (nSPS) is 37.6. The molecule has 0 aromatic rings. The minimum atomic E-state index is -4.70. The molecule has 1 aliphatic heterocycles. The summed E-state index contributed by atoms with van der Waals surface area (Å²) in [6.07, 6.45) is -5.54. The van der Waals surface area contributed by atoms with Gasteiger partial charge >= 0.3 is 7.82 Å². The van der Waals surface area contributed by atoms with Crippen LogP contribution in [-0.4, -0.2) is 62.4 Å². The predicted molar refractivity (Wildman–Crippen MR) is 48.9 cm³/mol. The van der Waals surface area contributed by atoms with Crippen LogP contribution < -0.4 is 5.73 Å². The maximum atomic E-state index is 10.3. The molecule has 0 aliphatic carbocycles. The second kappa shape index (κ2) is 5.05. The topological polar surface area (TPSA) is 163 Å². The lowest BCUT2D eigenvalue weighted by molar-refractivity contribution is -0.137. The highest BCUT2D eigenvalue weighted by molar-refractivity contribution is 7.46. The lowest BCUT2D eigenvalue weighted by atomic mass is 10.1. The first-order valence-corrected chi connectivity index (χ1v) is 5.91. The lowest BCUT2D eigenvalue weighted by Gasteiger charge is -2.20. The van der Waals surface area contributed by atoms with Crippen LogP contribution in [0, 0.1) is 0 Å². The maximum Gasteiger partial charge on any atom is 0.469 e. The van der Waals surface area contributed by atoms with Crippen molar-refractivity contribution in [3.8, 4) is 0 Å². The summed E-state index contributed by atoms with van der Waals surface area (Å²) < 4.78 is 19.1. The van der Waals surface area contributed by atoms with Crippen molar-refractivity contribution in [2.75, 3.05) is 6.61 Å². The summed E-state index contributed by atoms with van der Waals surface area (Å²) in [6.45, 7) is -0.745. The summed E-state index contributed by atoms with van der Waals surface area (Å²) in [4.78, 5) is 16.8. The largest absolute Gasteiger partial charge is 0.469 e. The monoisotopic (exact) mass is 259 g/mol. The van der Waals surface area contributed by atoms with E-state index in [1.165, 1.54) is 0 Å². The molecule has 7 N–H and O–H groups in total. The molecule has 0 unspecified atom stereocenters. The van der Waals surface area contributed by atoms with E-state index < -0.39 is 45.1 Å². The van der Waals surface area contributed by atoms with Crippen LogP contribution in [0.3, 0.4) is 0 Å². The highest BCUT2D eigenvalue weighted by atomic mass is 31.2. The van der Waals surface area contributed by atoms with E-state index in [1.807, 2.05) is 0 Å². The Bertz CT molecular complexity index is 282. The first kappa shape index (κ1) is 14.0. The summed E-state index contributed by atoms with van der Waals surface area (Å²) >= 11 is 0. The number of hydrogen-bond acceptors (Lipinski definition) is 7. The van der Waals surface area contributed by atoms with Gasteiger partial charge in [0.25, 0.3) is 0 Å². The van der Waals surface area contributed by atoms with Crippen LogP contribution in [0.25, 0.3) is 0 Å². The molecular weight excluding hydrogens is 245 g/mol. The van der Waals surface area contributed by atoms with Gasteiger partial charge in [0.15, 0.2) is 6.29 Å². The van der Waals surface area contributed by atoms with Crippen LogP contribution in [-0.2, 0) is 13.8 Å². The van der Waals surface area contributed by atoms with E-state index in [2.05, 4.69) is 4.52 Å². The standard InChI is InChI=1S/C6H14NO8P/c7-3-4(9)5(15-6(3)10)2(8)1-14-16(11,12)13/h2-6,8-10H,1,7H2,(H2,11,12,13)/t2-,3-,4-,5+,6-/m1/s1. The van der Waals surface area contributed by atoms with Gasteiger partial charge in [0.05, 0.1) is 12.6 Å². The van der Waals surface area contributed by atoms with Crippen molar-refractivity contribution in [3.63, 3.8) is 0 Å². The van der Waals surface area contributed by atoms with Crippen molar-refractivity contribution in [1.29, 1.82) is 0 Å². The Morgan fingerprint density at radius 2 is 2.00 bits per heavy atom. The van der Waals surface area contributed by atoms with Gasteiger partial charge in [-0.25, -0.2) is 4.57 Å². The second-order valence-electron chi connectivity index (χ2n) is 3.41. The number of phosphoric ester groups is 1. The molecule has 0 aromatic heterocycles. The van der Waals surface area contributed by atoms with Crippen molar-refractivity contribution in [2.24, 2.45) is 5.73 Å².